The van der Waals surface area contributed by atoms with Gasteiger partial charge < -0.3 is 15.1 Å². The maximum absolute atomic E-state index is 12.3. The Morgan fingerprint density at radius 2 is 1.81 bits per heavy atom. The third kappa shape index (κ3) is 3.60. The Morgan fingerprint density at radius 1 is 1.04 bits per heavy atom. The van der Waals surface area contributed by atoms with Crippen LogP contribution in [0.25, 0.3) is 10.6 Å². The quantitative estimate of drug-likeness (QED) is 0.552. The minimum absolute atomic E-state index is 0.261. The van der Waals surface area contributed by atoms with Gasteiger partial charge in [0.25, 0.3) is 5.91 Å². The summed E-state index contributed by atoms with van der Waals surface area (Å²) in [6.45, 7) is 0. The number of nitrogens with one attached hydrogen (secondary N) is 2. The summed E-state index contributed by atoms with van der Waals surface area (Å²) >= 11 is 1.39. The van der Waals surface area contributed by atoms with Crippen molar-refractivity contribution in [2.45, 2.75) is 0 Å². The molecule has 128 valence electrons. The zero-order valence-electron chi connectivity index (χ0n) is 13.4. The Morgan fingerprint density at radius 3 is 2.54 bits per heavy atom. The van der Waals surface area contributed by atoms with E-state index in [0.29, 0.717) is 17.3 Å². The Bertz CT molecular complexity index is 998. The first-order chi connectivity index (χ1) is 12.8. The highest BCUT2D eigenvalue weighted by molar-refractivity contribution is 7.13. The van der Waals surface area contributed by atoms with E-state index in [1.54, 1.807) is 48.5 Å². The highest BCUT2D eigenvalue weighted by atomic mass is 32.1. The molecule has 2 N–H and O–H groups in total. The normalized spacial score (nSPS) is 10.5. The number of benzene rings is 1. The van der Waals surface area contributed by atoms with Gasteiger partial charge in [-0.05, 0) is 36.4 Å². The zero-order valence-corrected chi connectivity index (χ0v) is 14.2. The predicted octanol–water partition coefficient (Wildman–Crippen LogP) is 4.19. The van der Waals surface area contributed by atoms with Crippen LogP contribution in [0, 0.1) is 0 Å². The predicted molar refractivity (Wildman–Crippen MR) is 99.5 cm³/mol. The number of hydrogen-bond donors (Lipinski definition) is 2. The second kappa shape index (κ2) is 7.16. The van der Waals surface area contributed by atoms with Gasteiger partial charge in [0.15, 0.2) is 0 Å². The fourth-order valence-electron chi connectivity index (χ4n) is 2.22. The summed E-state index contributed by atoms with van der Waals surface area (Å²) in [6.07, 6.45) is 6.50. The van der Waals surface area contributed by atoms with Gasteiger partial charge >= 0.3 is 0 Å². The molecule has 8 heteroatoms. The SMILES string of the molecule is O=C(Nc1ccc(Nc2ncccn2)cc1)c1csc(-c2ccoc2)n1. The van der Waals surface area contributed by atoms with Crippen LogP contribution >= 0.6 is 11.3 Å². The number of hydrogen-bond acceptors (Lipinski definition) is 7. The average Bonchev–Trinajstić information content (AvgIpc) is 3.36. The number of amides is 1. The van der Waals surface area contributed by atoms with E-state index in [4.69, 9.17) is 4.42 Å². The maximum atomic E-state index is 12.3. The first kappa shape index (κ1) is 16.0. The van der Waals surface area contributed by atoms with E-state index in [-0.39, 0.29) is 5.91 Å². The van der Waals surface area contributed by atoms with Crippen LogP contribution in [0.3, 0.4) is 0 Å². The van der Waals surface area contributed by atoms with E-state index in [0.717, 1.165) is 16.3 Å². The third-order valence-corrected chi connectivity index (χ3v) is 4.36. The van der Waals surface area contributed by atoms with Crippen molar-refractivity contribution >= 4 is 34.6 Å². The topological polar surface area (TPSA) is 92.9 Å². The zero-order chi connectivity index (χ0) is 17.8. The highest BCUT2D eigenvalue weighted by Crippen LogP contribution is 2.24. The molecule has 0 atom stereocenters. The summed E-state index contributed by atoms with van der Waals surface area (Å²) in [5.41, 5.74) is 2.72. The molecule has 0 fully saturated rings. The molecule has 0 saturated heterocycles. The fourth-order valence-corrected chi connectivity index (χ4v) is 3.01. The van der Waals surface area contributed by atoms with E-state index in [2.05, 4.69) is 25.6 Å². The number of nitrogens with zero attached hydrogens (tertiary/aromatic N) is 3. The fraction of sp³-hybridized carbons (Fsp3) is 0. The second-order valence-corrected chi connectivity index (χ2v) is 6.14. The summed E-state index contributed by atoms with van der Waals surface area (Å²) < 4.78 is 5.04. The number of aromatic nitrogens is 3. The van der Waals surface area contributed by atoms with Crippen molar-refractivity contribution in [2.75, 3.05) is 10.6 Å². The van der Waals surface area contributed by atoms with Crippen LogP contribution < -0.4 is 10.6 Å². The van der Waals surface area contributed by atoms with Gasteiger partial charge in [-0.2, -0.15) is 0 Å². The molecule has 1 aromatic carbocycles. The first-order valence-corrected chi connectivity index (χ1v) is 8.59. The molecule has 4 rings (SSSR count). The lowest BCUT2D eigenvalue weighted by Crippen LogP contribution is -2.12. The molecule has 0 radical (unpaired) electrons. The molecule has 0 spiro atoms. The Balaban J connectivity index is 1.41. The monoisotopic (exact) mass is 363 g/mol. The van der Waals surface area contributed by atoms with Crippen LogP contribution in [0.1, 0.15) is 10.5 Å². The van der Waals surface area contributed by atoms with E-state index >= 15 is 0 Å². The number of carbonyl (C=O) groups is 1. The van der Waals surface area contributed by atoms with E-state index < -0.39 is 0 Å². The van der Waals surface area contributed by atoms with Crippen LogP contribution in [0.4, 0.5) is 17.3 Å². The summed E-state index contributed by atoms with van der Waals surface area (Å²) in [7, 11) is 0. The molecule has 3 aromatic heterocycles. The van der Waals surface area contributed by atoms with E-state index in [1.165, 1.54) is 11.3 Å². The molecular weight excluding hydrogens is 350 g/mol. The van der Waals surface area contributed by atoms with Crippen LogP contribution in [0.2, 0.25) is 0 Å². The van der Waals surface area contributed by atoms with Gasteiger partial charge in [-0.25, -0.2) is 15.0 Å². The smallest absolute Gasteiger partial charge is 0.275 e. The van der Waals surface area contributed by atoms with E-state index in [1.807, 2.05) is 18.2 Å². The lowest BCUT2D eigenvalue weighted by molar-refractivity contribution is 0.102. The lowest BCUT2D eigenvalue weighted by atomic mass is 10.2. The van der Waals surface area contributed by atoms with Crippen molar-refractivity contribution in [3.63, 3.8) is 0 Å². The molecule has 3 heterocycles. The van der Waals surface area contributed by atoms with Crippen LogP contribution in [-0.2, 0) is 0 Å². The number of furan rings is 1. The van der Waals surface area contributed by atoms with Gasteiger partial charge in [0.2, 0.25) is 5.95 Å². The van der Waals surface area contributed by atoms with Crippen molar-refractivity contribution in [1.29, 1.82) is 0 Å². The highest BCUT2D eigenvalue weighted by Gasteiger charge is 2.12. The van der Waals surface area contributed by atoms with Crippen LogP contribution in [0.5, 0.6) is 0 Å². The Kier molecular flexibility index (Phi) is 4.40. The van der Waals surface area contributed by atoms with Crippen molar-refractivity contribution in [3.8, 4) is 10.6 Å². The van der Waals surface area contributed by atoms with Crippen molar-refractivity contribution in [2.24, 2.45) is 0 Å². The molecule has 0 unspecified atom stereocenters. The minimum Gasteiger partial charge on any atom is -0.472 e. The van der Waals surface area contributed by atoms with Gasteiger partial charge in [0.05, 0.1) is 6.26 Å². The minimum atomic E-state index is -0.261. The molecule has 7 nitrogen and oxygen atoms in total. The standard InChI is InChI=1S/C18H13N5O2S/c24-16(15-11-26-17(23-15)12-6-9-25-10-12)21-13-2-4-14(5-3-13)22-18-19-7-1-8-20-18/h1-11H,(H,21,24)(H,19,20,22). The summed E-state index contributed by atoms with van der Waals surface area (Å²) in [5, 5.41) is 8.38. The van der Waals surface area contributed by atoms with Gasteiger partial charge in [0.1, 0.15) is 17.0 Å². The average molecular weight is 363 g/mol. The van der Waals surface area contributed by atoms with E-state index in [9.17, 15) is 4.79 Å². The molecule has 0 aliphatic rings. The van der Waals surface area contributed by atoms with Gasteiger partial charge in [-0.1, -0.05) is 0 Å². The van der Waals surface area contributed by atoms with Crippen molar-refractivity contribution in [3.05, 3.63) is 72.4 Å². The number of carbonyl (C=O) groups excluding carboxylic acids is 1. The summed E-state index contributed by atoms with van der Waals surface area (Å²) in [6, 6.07) is 10.8. The summed E-state index contributed by atoms with van der Waals surface area (Å²) in [4.78, 5) is 24.9. The molecule has 0 aliphatic carbocycles. The molecule has 0 bridgehead atoms. The largest absolute Gasteiger partial charge is 0.472 e. The number of thiazole rings is 1. The maximum Gasteiger partial charge on any atom is 0.275 e. The Labute approximate surface area is 152 Å². The van der Waals surface area contributed by atoms with Gasteiger partial charge in [-0.15, -0.1) is 11.3 Å². The molecule has 1 amide bonds. The Hall–Kier alpha value is -3.52. The van der Waals surface area contributed by atoms with Crippen molar-refractivity contribution < 1.29 is 9.21 Å². The van der Waals surface area contributed by atoms with Crippen LogP contribution in [-0.4, -0.2) is 20.9 Å². The third-order valence-electron chi connectivity index (χ3n) is 3.47. The van der Waals surface area contributed by atoms with Crippen molar-refractivity contribution in [1.82, 2.24) is 15.0 Å². The van der Waals surface area contributed by atoms with Gasteiger partial charge in [-0.3, -0.25) is 4.79 Å². The first-order valence-electron chi connectivity index (χ1n) is 7.71. The lowest BCUT2D eigenvalue weighted by Gasteiger charge is -2.06. The molecule has 26 heavy (non-hydrogen) atoms. The van der Waals surface area contributed by atoms with Crippen LogP contribution in [0.15, 0.2) is 71.1 Å². The number of rotatable bonds is 5. The number of anilines is 3. The summed E-state index contributed by atoms with van der Waals surface area (Å²) in [5.74, 6) is 0.252. The van der Waals surface area contributed by atoms with Gasteiger partial charge in [0, 0.05) is 34.7 Å². The molecule has 0 saturated carbocycles. The molecule has 4 aromatic rings. The molecular formula is C18H13N5O2S. The molecule has 0 aliphatic heterocycles. The second-order valence-electron chi connectivity index (χ2n) is 5.28.